The standard InChI is InChI=1S/C19H29BrN2O3/c1-14-5-6-16(20)17(13-14)24-12-11-22-9-7-15(8-10-22)21-18(23)25-19(2,3)4/h5-6,13,15H,7-12H2,1-4H3,(H,21,23). The highest BCUT2D eigenvalue weighted by Crippen LogP contribution is 2.25. The Balaban J connectivity index is 1.67. The van der Waals surface area contributed by atoms with E-state index in [-0.39, 0.29) is 12.1 Å². The van der Waals surface area contributed by atoms with Gasteiger partial charge >= 0.3 is 6.09 Å². The number of ether oxygens (including phenoxy) is 2. The molecule has 2 rings (SSSR count). The molecule has 0 bridgehead atoms. The number of carbonyl (C=O) groups excluding carboxylic acids is 1. The Kier molecular flexibility index (Phi) is 7.14. The van der Waals surface area contributed by atoms with Crippen molar-refractivity contribution in [1.82, 2.24) is 10.2 Å². The molecule has 0 radical (unpaired) electrons. The summed E-state index contributed by atoms with van der Waals surface area (Å²) in [6, 6.07) is 6.30. The molecule has 0 atom stereocenters. The lowest BCUT2D eigenvalue weighted by Gasteiger charge is -2.32. The number of halogens is 1. The summed E-state index contributed by atoms with van der Waals surface area (Å²) in [6.45, 7) is 11.1. The summed E-state index contributed by atoms with van der Waals surface area (Å²) in [5, 5.41) is 2.97. The van der Waals surface area contributed by atoms with E-state index in [0.29, 0.717) is 6.61 Å². The van der Waals surface area contributed by atoms with Crippen molar-refractivity contribution in [2.45, 2.75) is 52.2 Å². The first-order valence-corrected chi connectivity index (χ1v) is 9.63. The summed E-state index contributed by atoms with van der Waals surface area (Å²) in [6.07, 6.45) is 1.56. The first-order valence-electron chi connectivity index (χ1n) is 8.84. The van der Waals surface area contributed by atoms with Gasteiger partial charge in [0.2, 0.25) is 0 Å². The van der Waals surface area contributed by atoms with Crippen LogP contribution < -0.4 is 10.1 Å². The molecule has 0 saturated carbocycles. The number of nitrogens with one attached hydrogen (secondary N) is 1. The van der Waals surface area contributed by atoms with E-state index in [2.05, 4.69) is 39.1 Å². The molecular weight excluding hydrogens is 384 g/mol. The predicted molar refractivity (Wildman–Crippen MR) is 103 cm³/mol. The van der Waals surface area contributed by atoms with Gasteiger partial charge in [0.1, 0.15) is 18.0 Å². The molecular formula is C19H29BrN2O3. The summed E-state index contributed by atoms with van der Waals surface area (Å²) in [5.41, 5.74) is 0.735. The van der Waals surface area contributed by atoms with Crippen LogP contribution in [0.4, 0.5) is 4.79 Å². The van der Waals surface area contributed by atoms with E-state index >= 15 is 0 Å². The van der Waals surface area contributed by atoms with Gasteiger partial charge in [-0.1, -0.05) is 6.07 Å². The first kappa shape index (κ1) is 20.0. The molecule has 0 aromatic heterocycles. The maximum Gasteiger partial charge on any atom is 0.407 e. The highest BCUT2D eigenvalue weighted by molar-refractivity contribution is 9.10. The number of hydrogen-bond donors (Lipinski definition) is 1. The number of nitrogens with zero attached hydrogens (tertiary/aromatic N) is 1. The van der Waals surface area contributed by atoms with Crippen molar-refractivity contribution in [1.29, 1.82) is 0 Å². The summed E-state index contributed by atoms with van der Waals surface area (Å²) in [7, 11) is 0. The molecule has 0 spiro atoms. The van der Waals surface area contributed by atoms with E-state index in [9.17, 15) is 4.79 Å². The van der Waals surface area contributed by atoms with Gasteiger partial charge in [-0.05, 0) is 74.2 Å². The number of aryl methyl sites for hydroxylation is 1. The van der Waals surface area contributed by atoms with Gasteiger partial charge in [-0.15, -0.1) is 0 Å². The third-order valence-corrected chi connectivity index (χ3v) is 4.72. The van der Waals surface area contributed by atoms with Crippen molar-refractivity contribution in [3.8, 4) is 5.75 Å². The third kappa shape index (κ3) is 7.24. The van der Waals surface area contributed by atoms with Gasteiger partial charge in [0.25, 0.3) is 0 Å². The normalized spacial score (nSPS) is 16.5. The van der Waals surface area contributed by atoms with Crippen molar-refractivity contribution < 1.29 is 14.3 Å². The van der Waals surface area contributed by atoms with Crippen molar-refractivity contribution in [2.75, 3.05) is 26.2 Å². The average molecular weight is 413 g/mol. The Morgan fingerprint density at radius 3 is 2.64 bits per heavy atom. The zero-order valence-corrected chi connectivity index (χ0v) is 17.2. The van der Waals surface area contributed by atoms with Crippen LogP contribution in [-0.4, -0.2) is 48.9 Å². The number of amides is 1. The van der Waals surface area contributed by atoms with E-state index in [1.807, 2.05) is 32.9 Å². The molecule has 1 aliphatic rings. The van der Waals surface area contributed by atoms with Gasteiger partial charge in [-0.2, -0.15) is 0 Å². The van der Waals surface area contributed by atoms with E-state index in [1.165, 1.54) is 5.56 Å². The lowest BCUT2D eigenvalue weighted by molar-refractivity contribution is 0.0476. The van der Waals surface area contributed by atoms with Crippen molar-refractivity contribution in [3.05, 3.63) is 28.2 Å². The molecule has 5 nitrogen and oxygen atoms in total. The molecule has 1 aromatic rings. The van der Waals surface area contributed by atoms with Crippen LogP contribution in [0, 0.1) is 6.92 Å². The summed E-state index contributed by atoms with van der Waals surface area (Å²) >= 11 is 3.52. The van der Waals surface area contributed by atoms with Crippen LogP contribution in [0.1, 0.15) is 39.2 Å². The third-order valence-electron chi connectivity index (χ3n) is 4.06. The zero-order chi connectivity index (χ0) is 18.4. The van der Waals surface area contributed by atoms with Crippen molar-refractivity contribution in [2.24, 2.45) is 0 Å². The largest absolute Gasteiger partial charge is 0.491 e. The smallest absolute Gasteiger partial charge is 0.407 e. The predicted octanol–water partition coefficient (Wildman–Crippen LogP) is 4.13. The second-order valence-electron chi connectivity index (χ2n) is 7.54. The fraction of sp³-hybridized carbons (Fsp3) is 0.632. The van der Waals surface area contributed by atoms with Gasteiger partial charge in [-0.3, -0.25) is 4.90 Å². The SMILES string of the molecule is Cc1ccc(Br)c(OCCN2CCC(NC(=O)OC(C)(C)C)CC2)c1. The molecule has 140 valence electrons. The number of rotatable bonds is 5. The van der Waals surface area contributed by atoms with Gasteiger partial charge < -0.3 is 14.8 Å². The van der Waals surface area contributed by atoms with Crippen molar-refractivity contribution >= 4 is 22.0 Å². The second kappa shape index (κ2) is 8.90. The molecule has 0 unspecified atom stereocenters. The first-order chi connectivity index (χ1) is 11.7. The Hall–Kier alpha value is -1.27. The van der Waals surface area contributed by atoms with E-state index in [0.717, 1.165) is 42.7 Å². The number of benzene rings is 1. The zero-order valence-electron chi connectivity index (χ0n) is 15.6. The van der Waals surface area contributed by atoms with Gasteiger partial charge in [0.15, 0.2) is 0 Å². The molecule has 1 heterocycles. The van der Waals surface area contributed by atoms with Gasteiger partial charge in [-0.25, -0.2) is 4.79 Å². The van der Waals surface area contributed by atoms with E-state index < -0.39 is 5.60 Å². The molecule has 0 aliphatic carbocycles. The Bertz CT molecular complexity index is 579. The van der Waals surface area contributed by atoms with Crippen molar-refractivity contribution in [3.63, 3.8) is 0 Å². The molecule has 1 aliphatic heterocycles. The van der Waals surface area contributed by atoms with Crippen LogP contribution in [0.3, 0.4) is 0 Å². The molecule has 1 N–H and O–H groups in total. The minimum atomic E-state index is -0.452. The molecule has 1 fully saturated rings. The minimum Gasteiger partial charge on any atom is -0.491 e. The summed E-state index contributed by atoms with van der Waals surface area (Å²) < 4.78 is 12.2. The number of carbonyl (C=O) groups is 1. The van der Waals surface area contributed by atoms with E-state index in [4.69, 9.17) is 9.47 Å². The highest BCUT2D eigenvalue weighted by Gasteiger charge is 2.23. The molecule has 1 saturated heterocycles. The quantitative estimate of drug-likeness (QED) is 0.789. The fourth-order valence-corrected chi connectivity index (χ4v) is 3.14. The van der Waals surface area contributed by atoms with Crippen LogP contribution in [-0.2, 0) is 4.74 Å². The summed E-state index contributed by atoms with van der Waals surface area (Å²) in [5.74, 6) is 0.890. The summed E-state index contributed by atoms with van der Waals surface area (Å²) in [4.78, 5) is 14.2. The van der Waals surface area contributed by atoms with E-state index in [1.54, 1.807) is 0 Å². The molecule has 25 heavy (non-hydrogen) atoms. The van der Waals surface area contributed by atoms with Gasteiger partial charge in [0.05, 0.1) is 4.47 Å². The van der Waals surface area contributed by atoms with Crippen LogP contribution in [0.25, 0.3) is 0 Å². The Morgan fingerprint density at radius 1 is 1.32 bits per heavy atom. The number of likely N-dealkylation sites (tertiary alicyclic amines) is 1. The lowest BCUT2D eigenvalue weighted by atomic mass is 10.1. The van der Waals surface area contributed by atoms with Crippen LogP contribution in [0.2, 0.25) is 0 Å². The topological polar surface area (TPSA) is 50.8 Å². The van der Waals surface area contributed by atoms with Gasteiger partial charge in [0, 0.05) is 25.7 Å². The average Bonchev–Trinajstić information content (AvgIpc) is 2.50. The minimum absolute atomic E-state index is 0.193. The maximum atomic E-state index is 11.8. The molecule has 1 amide bonds. The van der Waals surface area contributed by atoms with Crippen LogP contribution >= 0.6 is 15.9 Å². The van der Waals surface area contributed by atoms with Crippen LogP contribution in [0.5, 0.6) is 5.75 Å². The Morgan fingerprint density at radius 2 is 2.00 bits per heavy atom. The highest BCUT2D eigenvalue weighted by atomic mass is 79.9. The number of alkyl carbamates (subject to hydrolysis) is 1. The molecule has 1 aromatic carbocycles. The number of piperidine rings is 1. The Labute approximate surface area is 159 Å². The molecule has 6 heteroatoms. The van der Waals surface area contributed by atoms with Crippen LogP contribution in [0.15, 0.2) is 22.7 Å². The second-order valence-corrected chi connectivity index (χ2v) is 8.40. The lowest BCUT2D eigenvalue weighted by Crippen LogP contribution is -2.46. The monoisotopic (exact) mass is 412 g/mol. The fourth-order valence-electron chi connectivity index (χ4n) is 2.78. The maximum absolute atomic E-state index is 11.8. The number of hydrogen-bond acceptors (Lipinski definition) is 4.